The quantitative estimate of drug-likeness (QED) is 0.412. The van der Waals surface area contributed by atoms with E-state index in [2.05, 4.69) is 16.9 Å². The highest BCUT2D eigenvalue weighted by atomic mass is 35.5. The van der Waals surface area contributed by atoms with Crippen molar-refractivity contribution >= 4 is 23.4 Å². The molecule has 0 aliphatic carbocycles. The zero-order valence-corrected chi connectivity index (χ0v) is 18.1. The third-order valence-electron chi connectivity index (χ3n) is 4.95. The van der Waals surface area contributed by atoms with Gasteiger partial charge >= 0.3 is 0 Å². The Labute approximate surface area is 187 Å². The number of nitrogens with one attached hydrogen (secondary N) is 1. The van der Waals surface area contributed by atoms with Crippen LogP contribution in [0, 0.1) is 0 Å². The molecular formula is C24H27ClN2O4. The average molecular weight is 443 g/mol. The molecule has 31 heavy (non-hydrogen) atoms. The number of aliphatic hydroxyl groups is 1. The Bertz CT molecular complexity index is 912. The molecule has 0 radical (unpaired) electrons. The van der Waals surface area contributed by atoms with Crippen LogP contribution in [-0.2, 0) is 16.0 Å². The van der Waals surface area contributed by atoms with E-state index in [0.29, 0.717) is 49.1 Å². The van der Waals surface area contributed by atoms with E-state index in [0.717, 1.165) is 11.1 Å². The molecule has 2 aromatic rings. The monoisotopic (exact) mass is 442 g/mol. The van der Waals surface area contributed by atoms with E-state index in [9.17, 15) is 4.79 Å². The van der Waals surface area contributed by atoms with Crippen LogP contribution in [0.1, 0.15) is 24.0 Å². The molecule has 1 amide bonds. The summed E-state index contributed by atoms with van der Waals surface area (Å²) in [6, 6.07) is 14.9. The van der Waals surface area contributed by atoms with Crippen molar-refractivity contribution in [3.8, 4) is 5.75 Å². The topological polar surface area (TPSA) is 80.2 Å². The summed E-state index contributed by atoms with van der Waals surface area (Å²) < 4.78 is 11.3. The van der Waals surface area contributed by atoms with Crippen molar-refractivity contribution in [3.63, 3.8) is 0 Å². The second-order valence-corrected chi connectivity index (χ2v) is 7.75. The van der Waals surface area contributed by atoms with Crippen LogP contribution in [0.3, 0.4) is 0 Å². The second-order valence-electron chi connectivity index (χ2n) is 7.31. The number of carbonyl (C=O) groups excluding carboxylic acids is 1. The number of hydrogen-bond donors (Lipinski definition) is 2. The molecule has 1 aliphatic heterocycles. The molecule has 2 aromatic carbocycles. The first-order chi connectivity index (χ1) is 15.1. The highest BCUT2D eigenvalue weighted by Crippen LogP contribution is 2.27. The predicted molar refractivity (Wildman–Crippen MR) is 122 cm³/mol. The van der Waals surface area contributed by atoms with Gasteiger partial charge in [0.15, 0.2) is 5.54 Å². The summed E-state index contributed by atoms with van der Waals surface area (Å²) in [5.74, 6) is 0.949. The first-order valence-corrected chi connectivity index (χ1v) is 10.6. The smallest absolute Gasteiger partial charge is 0.251 e. The third kappa shape index (κ3) is 6.09. The van der Waals surface area contributed by atoms with E-state index in [4.69, 9.17) is 26.2 Å². The largest absolute Gasteiger partial charge is 0.494 e. The molecular weight excluding hydrogens is 416 g/mol. The highest BCUT2D eigenvalue weighted by molar-refractivity contribution is 6.30. The molecule has 1 atom stereocenters. The predicted octanol–water partition coefficient (Wildman–Crippen LogP) is 3.55. The second kappa shape index (κ2) is 11.0. The van der Waals surface area contributed by atoms with E-state index < -0.39 is 5.54 Å². The minimum atomic E-state index is -1.02. The van der Waals surface area contributed by atoms with E-state index in [1.807, 2.05) is 48.5 Å². The Morgan fingerprint density at radius 2 is 2.00 bits per heavy atom. The van der Waals surface area contributed by atoms with Crippen LogP contribution in [0.25, 0.3) is 0 Å². The lowest BCUT2D eigenvalue weighted by atomic mass is 9.96. The van der Waals surface area contributed by atoms with Gasteiger partial charge in [0.1, 0.15) is 12.4 Å². The maximum atomic E-state index is 13.0. The number of rotatable bonds is 11. The molecule has 164 valence electrons. The fourth-order valence-electron chi connectivity index (χ4n) is 3.23. The van der Waals surface area contributed by atoms with Gasteiger partial charge in [0.2, 0.25) is 5.90 Å². The number of amides is 1. The number of nitrogens with zero attached hydrogens (tertiary/aromatic N) is 1. The molecule has 0 spiro atoms. The van der Waals surface area contributed by atoms with Gasteiger partial charge in [0.05, 0.1) is 6.61 Å². The van der Waals surface area contributed by atoms with Crippen molar-refractivity contribution < 1.29 is 19.4 Å². The summed E-state index contributed by atoms with van der Waals surface area (Å²) >= 11 is 5.91. The van der Waals surface area contributed by atoms with E-state index in [-0.39, 0.29) is 19.1 Å². The summed E-state index contributed by atoms with van der Waals surface area (Å²) in [6.45, 7) is 4.98. The van der Waals surface area contributed by atoms with Gasteiger partial charge in [0.25, 0.3) is 5.91 Å². The minimum Gasteiger partial charge on any atom is -0.494 e. The third-order valence-corrected chi connectivity index (χ3v) is 5.20. The van der Waals surface area contributed by atoms with Crippen LogP contribution in [0.5, 0.6) is 5.75 Å². The van der Waals surface area contributed by atoms with Crippen LogP contribution in [0.4, 0.5) is 0 Å². The number of carbonyl (C=O) groups is 1. The molecule has 1 aliphatic rings. The first kappa shape index (κ1) is 22.8. The molecule has 0 saturated carbocycles. The van der Waals surface area contributed by atoms with Gasteiger partial charge in [-0.15, -0.1) is 6.58 Å². The number of aliphatic imine (C=N–C) groups is 1. The summed E-state index contributed by atoms with van der Waals surface area (Å²) in [4.78, 5) is 17.6. The molecule has 0 saturated heterocycles. The lowest BCUT2D eigenvalue weighted by molar-refractivity contribution is -0.126. The van der Waals surface area contributed by atoms with E-state index in [1.165, 1.54) is 0 Å². The van der Waals surface area contributed by atoms with Gasteiger partial charge in [-0.05, 0) is 48.4 Å². The van der Waals surface area contributed by atoms with Crippen molar-refractivity contribution in [3.05, 3.63) is 77.3 Å². The molecule has 3 rings (SSSR count). The number of aliphatic hydroxyl groups excluding tert-OH is 1. The maximum Gasteiger partial charge on any atom is 0.251 e. The van der Waals surface area contributed by atoms with Crippen molar-refractivity contribution in [1.82, 2.24) is 5.32 Å². The van der Waals surface area contributed by atoms with Gasteiger partial charge in [-0.25, -0.2) is 4.99 Å². The number of halogens is 1. The molecule has 0 bridgehead atoms. The van der Waals surface area contributed by atoms with Crippen molar-refractivity contribution in [2.24, 2.45) is 4.99 Å². The number of hydrogen-bond acceptors (Lipinski definition) is 5. The molecule has 0 fully saturated rings. The van der Waals surface area contributed by atoms with Crippen molar-refractivity contribution in [2.75, 3.05) is 26.4 Å². The summed E-state index contributed by atoms with van der Waals surface area (Å²) in [6.07, 6.45) is 3.34. The molecule has 6 nitrogen and oxygen atoms in total. The summed E-state index contributed by atoms with van der Waals surface area (Å²) in [5, 5.41) is 12.5. The van der Waals surface area contributed by atoms with Gasteiger partial charge in [-0.2, -0.15) is 0 Å². The molecule has 2 N–H and O–H groups in total. The first-order valence-electron chi connectivity index (χ1n) is 10.3. The minimum absolute atomic E-state index is 0.0931. The Balaban J connectivity index is 1.63. The molecule has 0 aromatic heterocycles. The maximum absolute atomic E-state index is 13.0. The highest BCUT2D eigenvalue weighted by Gasteiger charge is 2.43. The van der Waals surface area contributed by atoms with Crippen molar-refractivity contribution in [1.29, 1.82) is 0 Å². The Morgan fingerprint density at radius 3 is 2.68 bits per heavy atom. The lowest BCUT2D eigenvalue weighted by Gasteiger charge is -2.21. The molecule has 7 heteroatoms. The van der Waals surface area contributed by atoms with Gasteiger partial charge in [-0.1, -0.05) is 29.8 Å². The average Bonchev–Trinajstić information content (AvgIpc) is 3.21. The van der Waals surface area contributed by atoms with Crippen LogP contribution in [0.2, 0.25) is 5.02 Å². The van der Waals surface area contributed by atoms with Crippen molar-refractivity contribution in [2.45, 2.75) is 24.8 Å². The lowest BCUT2D eigenvalue weighted by Crippen LogP contribution is -2.47. The zero-order chi connectivity index (χ0) is 22.1. The van der Waals surface area contributed by atoms with Gasteiger partial charge in [-0.3, -0.25) is 4.79 Å². The molecule has 0 unspecified atom stereocenters. The Kier molecular flexibility index (Phi) is 8.09. The number of ether oxygens (including phenoxy) is 2. The standard InChI is InChI=1S/C24H27ClN2O4/c1-2-13-24(23(29)26-14-12-18-4-8-20(25)9-5-18)17-31-22(27-24)19-6-10-21(11-7-19)30-16-3-15-28/h2,4-11,28H,1,3,12-17H2,(H,26,29)/t24-/m1/s1. The molecule has 1 heterocycles. The Morgan fingerprint density at radius 1 is 1.26 bits per heavy atom. The Hall–Kier alpha value is -2.83. The normalized spacial score (nSPS) is 17.5. The van der Waals surface area contributed by atoms with E-state index >= 15 is 0 Å². The fraction of sp³-hybridized carbons (Fsp3) is 0.333. The summed E-state index contributed by atoms with van der Waals surface area (Å²) in [7, 11) is 0. The SMILES string of the molecule is C=CC[C@]1(C(=O)NCCc2ccc(Cl)cc2)COC(c2ccc(OCCCO)cc2)=N1. The van der Waals surface area contributed by atoms with Crippen LogP contribution >= 0.6 is 11.6 Å². The van der Waals surface area contributed by atoms with E-state index in [1.54, 1.807) is 6.08 Å². The van der Waals surface area contributed by atoms with Crippen LogP contribution in [-0.4, -0.2) is 48.8 Å². The summed E-state index contributed by atoms with van der Waals surface area (Å²) in [5.41, 5.74) is 0.845. The number of benzene rings is 2. The van der Waals surface area contributed by atoms with Crippen LogP contribution < -0.4 is 10.1 Å². The fourth-order valence-corrected chi connectivity index (χ4v) is 3.36. The van der Waals surface area contributed by atoms with Gasteiger partial charge in [0, 0.05) is 36.6 Å². The van der Waals surface area contributed by atoms with Crippen LogP contribution in [0.15, 0.2) is 66.2 Å². The van der Waals surface area contributed by atoms with Gasteiger partial charge < -0.3 is 19.9 Å². The zero-order valence-electron chi connectivity index (χ0n) is 17.4.